The second kappa shape index (κ2) is 5.77. The molecule has 0 atom stereocenters. The molecule has 3 heterocycles. The number of carbonyl (C=O) groups is 1. The highest BCUT2D eigenvalue weighted by Gasteiger charge is 2.29. The Morgan fingerprint density at radius 2 is 2.04 bits per heavy atom. The summed E-state index contributed by atoms with van der Waals surface area (Å²) in [5, 5.41) is 10.9. The molecule has 2 aromatic heterocycles. The predicted molar refractivity (Wildman–Crippen MR) is 80.3 cm³/mol. The molecule has 1 aliphatic heterocycles. The molecule has 0 unspecified atom stereocenters. The van der Waals surface area contributed by atoms with Crippen molar-refractivity contribution in [3.05, 3.63) is 23.7 Å². The van der Waals surface area contributed by atoms with E-state index in [1.54, 1.807) is 0 Å². The van der Waals surface area contributed by atoms with Crippen LogP contribution < -0.4 is 5.32 Å². The minimum absolute atomic E-state index is 0.225. The van der Waals surface area contributed by atoms with E-state index in [-0.39, 0.29) is 17.5 Å². The van der Waals surface area contributed by atoms with Gasteiger partial charge in [0.05, 0.1) is 0 Å². The van der Waals surface area contributed by atoms with Gasteiger partial charge in [-0.25, -0.2) is 4.98 Å². The van der Waals surface area contributed by atoms with Crippen LogP contribution in [0.1, 0.15) is 59.8 Å². The highest BCUT2D eigenvalue weighted by molar-refractivity contribution is 6.01. The molecule has 0 spiro atoms. The third-order valence-corrected chi connectivity index (χ3v) is 4.33. The molecule has 1 saturated carbocycles. The molecule has 1 N–H and O–H groups in total. The molecule has 8 nitrogen and oxygen atoms in total. The number of rotatable bonds is 4. The number of oxazole rings is 1. The van der Waals surface area contributed by atoms with Crippen LogP contribution in [0.2, 0.25) is 0 Å². The number of hydrogen-bond donors (Lipinski definition) is 1. The quantitative estimate of drug-likeness (QED) is 0.927. The molecule has 23 heavy (non-hydrogen) atoms. The monoisotopic (exact) mass is 317 g/mol. The van der Waals surface area contributed by atoms with Crippen molar-refractivity contribution in [3.8, 4) is 0 Å². The van der Waals surface area contributed by atoms with Gasteiger partial charge in [-0.15, -0.1) is 10.2 Å². The summed E-state index contributed by atoms with van der Waals surface area (Å²) in [6.45, 7) is 3.30. The predicted octanol–water partition coefficient (Wildman–Crippen LogP) is 2.06. The summed E-state index contributed by atoms with van der Waals surface area (Å²) in [6.07, 6.45) is 5.34. The number of nitrogens with zero attached hydrogens (tertiary/aromatic N) is 4. The van der Waals surface area contributed by atoms with Crippen molar-refractivity contribution in [2.75, 3.05) is 18.5 Å². The third kappa shape index (κ3) is 2.86. The van der Waals surface area contributed by atoms with E-state index in [1.807, 2.05) is 11.5 Å². The lowest BCUT2D eigenvalue weighted by atomic mass is 10.0. The Bertz CT molecular complexity index is 713. The standard InChI is InChI=1S/C15H19N5O3/c1-9-18-19-15(20(9)11-2-3-11)17-13(21)12-8-23-14(16-12)10-4-6-22-7-5-10/h8,10-11H,2-7H2,1H3,(H,17,19,21). The highest BCUT2D eigenvalue weighted by Crippen LogP contribution is 2.37. The van der Waals surface area contributed by atoms with Crippen LogP contribution in [0.3, 0.4) is 0 Å². The summed E-state index contributed by atoms with van der Waals surface area (Å²) in [7, 11) is 0. The fourth-order valence-electron chi connectivity index (χ4n) is 2.91. The Morgan fingerprint density at radius 1 is 1.26 bits per heavy atom. The topological polar surface area (TPSA) is 95.1 Å². The molecule has 8 heteroatoms. The lowest BCUT2D eigenvalue weighted by Crippen LogP contribution is -2.17. The summed E-state index contributed by atoms with van der Waals surface area (Å²) in [4.78, 5) is 16.7. The van der Waals surface area contributed by atoms with Crippen molar-refractivity contribution in [2.45, 2.75) is 44.6 Å². The molecule has 2 aliphatic rings. The summed E-state index contributed by atoms with van der Waals surface area (Å²) in [5.41, 5.74) is 0.273. The molecular weight excluding hydrogens is 298 g/mol. The van der Waals surface area contributed by atoms with Crippen LogP contribution >= 0.6 is 0 Å². The van der Waals surface area contributed by atoms with Crippen molar-refractivity contribution in [2.24, 2.45) is 0 Å². The number of aryl methyl sites for hydroxylation is 1. The zero-order chi connectivity index (χ0) is 15.8. The maximum Gasteiger partial charge on any atom is 0.279 e. The van der Waals surface area contributed by atoms with Crippen LogP contribution in [0.25, 0.3) is 0 Å². The number of amides is 1. The summed E-state index contributed by atoms with van der Waals surface area (Å²) >= 11 is 0. The second-order valence-corrected chi connectivity index (χ2v) is 6.08. The van der Waals surface area contributed by atoms with Gasteiger partial charge < -0.3 is 9.15 Å². The van der Waals surface area contributed by atoms with Gasteiger partial charge in [0.2, 0.25) is 5.95 Å². The lowest BCUT2D eigenvalue weighted by molar-refractivity contribution is 0.0794. The van der Waals surface area contributed by atoms with Crippen LogP contribution in [0, 0.1) is 6.92 Å². The van der Waals surface area contributed by atoms with Crippen LogP contribution in [0.4, 0.5) is 5.95 Å². The molecule has 2 fully saturated rings. The van der Waals surface area contributed by atoms with Gasteiger partial charge in [-0.2, -0.15) is 0 Å². The smallest absolute Gasteiger partial charge is 0.279 e. The van der Waals surface area contributed by atoms with E-state index in [0.717, 1.165) is 31.5 Å². The molecule has 1 saturated heterocycles. The van der Waals surface area contributed by atoms with E-state index in [2.05, 4.69) is 20.5 Å². The third-order valence-electron chi connectivity index (χ3n) is 4.33. The van der Waals surface area contributed by atoms with Gasteiger partial charge in [-0.05, 0) is 32.6 Å². The lowest BCUT2D eigenvalue weighted by Gasteiger charge is -2.18. The maximum atomic E-state index is 12.4. The van der Waals surface area contributed by atoms with E-state index < -0.39 is 0 Å². The van der Waals surface area contributed by atoms with Crippen molar-refractivity contribution in [1.82, 2.24) is 19.7 Å². The van der Waals surface area contributed by atoms with Crippen molar-refractivity contribution in [3.63, 3.8) is 0 Å². The SMILES string of the molecule is Cc1nnc(NC(=O)c2coc(C3CCOCC3)n2)n1C1CC1. The summed E-state index contributed by atoms with van der Waals surface area (Å²) in [6, 6.07) is 0.399. The zero-order valence-corrected chi connectivity index (χ0v) is 13.0. The largest absolute Gasteiger partial charge is 0.448 e. The van der Waals surface area contributed by atoms with Crippen LogP contribution in [-0.4, -0.2) is 38.9 Å². The summed E-state index contributed by atoms with van der Waals surface area (Å²) in [5.74, 6) is 1.80. The number of ether oxygens (including phenoxy) is 1. The van der Waals surface area contributed by atoms with Crippen molar-refractivity contribution in [1.29, 1.82) is 0 Å². The molecule has 1 aliphatic carbocycles. The van der Waals surface area contributed by atoms with Gasteiger partial charge in [0.1, 0.15) is 12.1 Å². The maximum absolute atomic E-state index is 12.4. The van der Waals surface area contributed by atoms with Gasteiger partial charge in [-0.1, -0.05) is 0 Å². The molecule has 0 bridgehead atoms. The van der Waals surface area contributed by atoms with Crippen LogP contribution in [-0.2, 0) is 4.74 Å². The molecule has 2 aromatic rings. The highest BCUT2D eigenvalue weighted by atomic mass is 16.5. The fourth-order valence-corrected chi connectivity index (χ4v) is 2.91. The second-order valence-electron chi connectivity index (χ2n) is 6.08. The number of aromatic nitrogens is 4. The van der Waals surface area contributed by atoms with E-state index in [4.69, 9.17) is 9.15 Å². The number of carbonyl (C=O) groups excluding carboxylic acids is 1. The number of nitrogens with one attached hydrogen (secondary N) is 1. The van der Waals surface area contributed by atoms with E-state index >= 15 is 0 Å². The van der Waals surface area contributed by atoms with Gasteiger partial charge in [-0.3, -0.25) is 14.7 Å². The summed E-state index contributed by atoms with van der Waals surface area (Å²) < 4.78 is 12.8. The van der Waals surface area contributed by atoms with Gasteiger partial charge in [0, 0.05) is 25.2 Å². The first-order valence-corrected chi connectivity index (χ1v) is 7.98. The molecular formula is C15H19N5O3. The molecule has 1 amide bonds. The minimum atomic E-state index is -0.318. The molecule has 0 aromatic carbocycles. The fraction of sp³-hybridized carbons (Fsp3) is 0.600. The molecule has 0 radical (unpaired) electrons. The first-order chi connectivity index (χ1) is 11.2. The Kier molecular flexibility index (Phi) is 3.60. The first kappa shape index (κ1) is 14.4. The van der Waals surface area contributed by atoms with Crippen molar-refractivity contribution >= 4 is 11.9 Å². The van der Waals surface area contributed by atoms with E-state index in [1.165, 1.54) is 6.26 Å². The van der Waals surface area contributed by atoms with Gasteiger partial charge >= 0.3 is 0 Å². The average molecular weight is 317 g/mol. The van der Waals surface area contributed by atoms with Crippen molar-refractivity contribution < 1.29 is 13.9 Å². The normalized spacial score (nSPS) is 19.0. The van der Waals surface area contributed by atoms with Gasteiger partial charge in [0.15, 0.2) is 11.6 Å². The molecule has 122 valence electrons. The van der Waals surface area contributed by atoms with Crippen LogP contribution in [0.5, 0.6) is 0 Å². The molecule has 4 rings (SSSR count). The Morgan fingerprint density at radius 3 is 2.78 bits per heavy atom. The number of hydrogen-bond acceptors (Lipinski definition) is 6. The van der Waals surface area contributed by atoms with Crippen LogP contribution in [0.15, 0.2) is 10.7 Å². The van der Waals surface area contributed by atoms with Gasteiger partial charge in [0.25, 0.3) is 5.91 Å². The minimum Gasteiger partial charge on any atom is -0.448 e. The number of anilines is 1. The first-order valence-electron chi connectivity index (χ1n) is 7.98. The Hall–Kier alpha value is -2.22. The zero-order valence-electron chi connectivity index (χ0n) is 13.0. The van der Waals surface area contributed by atoms with E-state index in [0.29, 0.717) is 31.1 Å². The Labute approximate surface area is 133 Å². The average Bonchev–Trinajstić information content (AvgIpc) is 3.15. The Balaban J connectivity index is 1.48. The van der Waals surface area contributed by atoms with E-state index in [9.17, 15) is 4.79 Å².